The van der Waals surface area contributed by atoms with Crippen LogP contribution in [0.3, 0.4) is 0 Å². The highest BCUT2D eigenvalue weighted by molar-refractivity contribution is 7.96. The van der Waals surface area contributed by atoms with Crippen molar-refractivity contribution in [2.45, 2.75) is 6.61 Å². The van der Waals surface area contributed by atoms with E-state index in [0.717, 1.165) is 4.90 Å². The molecule has 0 aromatic carbocycles. The third-order valence-electron chi connectivity index (χ3n) is 1.86. The molecule has 2 N–H and O–H groups in total. The normalized spacial score (nSPS) is 11.3. The summed E-state index contributed by atoms with van der Waals surface area (Å²) >= 11 is 3.63. The first-order valence-corrected chi connectivity index (χ1v) is 6.39. The van der Waals surface area contributed by atoms with Crippen molar-refractivity contribution in [3.63, 3.8) is 0 Å². The molecule has 0 bridgehead atoms. The molecule has 1 aromatic heterocycles. The molecule has 0 saturated heterocycles. The molecule has 7 nitrogen and oxygen atoms in total. The standard InChI is InChI=1S/C8H11N2O5PS/c1-10(8(11)17)7-6(3-2-4-9-7)5-15-16(12,13)14/h2-4H,5H2,1H3,(H,11,17)(H2,12,13,14). The van der Waals surface area contributed by atoms with Crippen LogP contribution < -0.4 is 4.90 Å². The fourth-order valence-electron chi connectivity index (χ4n) is 1.09. The Balaban J connectivity index is 2.92. The van der Waals surface area contributed by atoms with Crippen LogP contribution in [0.2, 0.25) is 0 Å². The second-order valence-corrected chi connectivity index (χ2v) is 4.71. The number of thiol groups is 1. The minimum atomic E-state index is -4.56. The van der Waals surface area contributed by atoms with E-state index >= 15 is 0 Å². The minimum Gasteiger partial charge on any atom is -0.303 e. The molecule has 1 heterocycles. The summed E-state index contributed by atoms with van der Waals surface area (Å²) in [6.07, 6.45) is 1.45. The second-order valence-electron chi connectivity index (χ2n) is 3.09. The van der Waals surface area contributed by atoms with Gasteiger partial charge in [-0.05, 0) is 6.07 Å². The molecule has 0 unspecified atom stereocenters. The van der Waals surface area contributed by atoms with Crippen LogP contribution in [0.5, 0.6) is 0 Å². The molecular weight excluding hydrogens is 267 g/mol. The van der Waals surface area contributed by atoms with Gasteiger partial charge < -0.3 is 9.79 Å². The lowest BCUT2D eigenvalue weighted by atomic mass is 10.2. The number of hydrogen-bond acceptors (Lipinski definition) is 4. The Morgan fingerprint density at radius 1 is 1.65 bits per heavy atom. The van der Waals surface area contributed by atoms with Gasteiger partial charge in [-0.3, -0.25) is 14.2 Å². The number of carbonyl (C=O) groups excluding carboxylic acids is 1. The van der Waals surface area contributed by atoms with E-state index in [1.54, 1.807) is 12.1 Å². The third kappa shape index (κ3) is 4.45. The van der Waals surface area contributed by atoms with Gasteiger partial charge in [0.15, 0.2) is 0 Å². The van der Waals surface area contributed by atoms with Gasteiger partial charge in [-0.1, -0.05) is 18.7 Å². The maximum Gasteiger partial charge on any atom is 0.469 e. The quantitative estimate of drug-likeness (QED) is 0.565. The lowest BCUT2D eigenvalue weighted by molar-refractivity contribution is 0.189. The molecule has 1 rings (SSSR count). The van der Waals surface area contributed by atoms with Gasteiger partial charge in [0.1, 0.15) is 5.82 Å². The fraction of sp³-hybridized carbons (Fsp3) is 0.250. The average Bonchev–Trinajstić information content (AvgIpc) is 2.24. The molecule has 9 heteroatoms. The predicted molar refractivity (Wildman–Crippen MR) is 63.9 cm³/mol. The highest BCUT2D eigenvalue weighted by atomic mass is 32.1. The first-order valence-electron chi connectivity index (χ1n) is 4.42. The van der Waals surface area contributed by atoms with Crippen molar-refractivity contribution in [3.8, 4) is 0 Å². The van der Waals surface area contributed by atoms with Crippen LogP contribution in [0.4, 0.5) is 10.6 Å². The number of carbonyl (C=O) groups is 1. The van der Waals surface area contributed by atoms with E-state index in [9.17, 15) is 9.36 Å². The molecule has 0 aliphatic rings. The molecule has 1 aromatic rings. The molecular formula is C8H11N2O5PS. The van der Waals surface area contributed by atoms with Crippen molar-refractivity contribution < 1.29 is 23.7 Å². The van der Waals surface area contributed by atoms with Crippen LogP contribution in [0.15, 0.2) is 18.3 Å². The molecule has 0 spiro atoms. The van der Waals surface area contributed by atoms with Crippen molar-refractivity contribution in [2.24, 2.45) is 0 Å². The number of phosphoric acid groups is 1. The van der Waals surface area contributed by atoms with Crippen molar-refractivity contribution in [1.29, 1.82) is 0 Å². The topological polar surface area (TPSA) is 100.0 Å². The Kier molecular flexibility index (Phi) is 4.67. The second kappa shape index (κ2) is 5.61. The van der Waals surface area contributed by atoms with Gasteiger partial charge in [-0.15, -0.1) is 0 Å². The lowest BCUT2D eigenvalue weighted by Crippen LogP contribution is -2.22. The Morgan fingerprint density at radius 2 is 2.29 bits per heavy atom. The number of pyridine rings is 1. The van der Waals surface area contributed by atoms with Gasteiger partial charge in [0.05, 0.1) is 6.61 Å². The van der Waals surface area contributed by atoms with Crippen molar-refractivity contribution in [3.05, 3.63) is 23.9 Å². The number of anilines is 1. The molecule has 0 aliphatic carbocycles. The minimum absolute atomic E-state index is 0.237. The smallest absolute Gasteiger partial charge is 0.303 e. The number of nitrogens with zero attached hydrogens (tertiary/aromatic N) is 2. The molecule has 0 aliphatic heterocycles. The van der Waals surface area contributed by atoms with Crippen LogP contribution in [0, 0.1) is 0 Å². The largest absolute Gasteiger partial charge is 0.469 e. The molecule has 0 fully saturated rings. The van der Waals surface area contributed by atoms with Crippen molar-refractivity contribution in [2.75, 3.05) is 11.9 Å². The fourth-order valence-corrected chi connectivity index (χ4v) is 1.49. The summed E-state index contributed by atoms with van der Waals surface area (Å²) in [6.45, 7) is -0.348. The average molecular weight is 278 g/mol. The lowest BCUT2D eigenvalue weighted by Gasteiger charge is -2.16. The van der Waals surface area contributed by atoms with Crippen LogP contribution >= 0.6 is 20.5 Å². The molecule has 0 radical (unpaired) electrons. The zero-order valence-electron chi connectivity index (χ0n) is 8.85. The number of amides is 1. The number of aromatic nitrogens is 1. The predicted octanol–water partition coefficient (Wildman–Crippen LogP) is 1.18. The molecule has 0 atom stereocenters. The van der Waals surface area contributed by atoms with Crippen molar-refractivity contribution in [1.82, 2.24) is 4.98 Å². The highest BCUT2D eigenvalue weighted by Gasteiger charge is 2.18. The Bertz CT molecular complexity index is 463. The molecule has 94 valence electrons. The van der Waals surface area contributed by atoms with Gasteiger partial charge in [-0.25, -0.2) is 9.55 Å². The van der Waals surface area contributed by atoms with Crippen LogP contribution in [0.25, 0.3) is 0 Å². The van der Waals surface area contributed by atoms with Crippen molar-refractivity contribution >= 4 is 31.5 Å². The van der Waals surface area contributed by atoms with E-state index in [4.69, 9.17) is 9.79 Å². The first kappa shape index (κ1) is 14.1. The van der Waals surface area contributed by atoms with Gasteiger partial charge in [-0.2, -0.15) is 0 Å². The molecule has 1 amide bonds. The van der Waals surface area contributed by atoms with Crippen LogP contribution in [0.1, 0.15) is 5.56 Å². The number of rotatable bonds is 4. The third-order valence-corrected chi connectivity index (χ3v) is 2.63. The maximum absolute atomic E-state index is 11.1. The first-order chi connectivity index (χ1) is 7.81. The summed E-state index contributed by atoms with van der Waals surface area (Å²) in [6, 6.07) is 3.11. The van der Waals surface area contributed by atoms with Gasteiger partial charge in [0.25, 0.3) is 5.24 Å². The van der Waals surface area contributed by atoms with Gasteiger partial charge >= 0.3 is 7.82 Å². The maximum atomic E-state index is 11.1. The Morgan fingerprint density at radius 3 is 2.82 bits per heavy atom. The summed E-state index contributed by atoms with van der Waals surface area (Å²) in [7, 11) is -3.11. The SMILES string of the molecule is CN(C(=O)S)c1ncccc1COP(=O)(O)O. The Labute approximate surface area is 103 Å². The van der Waals surface area contributed by atoms with E-state index in [-0.39, 0.29) is 12.4 Å². The summed E-state index contributed by atoms with van der Waals surface area (Å²) in [5.74, 6) is 0.237. The van der Waals surface area contributed by atoms with Crippen LogP contribution in [-0.2, 0) is 15.7 Å². The number of phosphoric ester groups is 1. The van der Waals surface area contributed by atoms with E-state index in [2.05, 4.69) is 22.1 Å². The van der Waals surface area contributed by atoms with E-state index < -0.39 is 13.1 Å². The molecule has 17 heavy (non-hydrogen) atoms. The van der Waals surface area contributed by atoms with E-state index in [1.165, 1.54) is 13.2 Å². The van der Waals surface area contributed by atoms with Crippen LogP contribution in [-0.4, -0.2) is 27.1 Å². The zero-order chi connectivity index (χ0) is 13.1. The van der Waals surface area contributed by atoms with E-state index in [0.29, 0.717) is 5.56 Å². The summed E-state index contributed by atoms with van der Waals surface area (Å²) < 4.78 is 14.9. The van der Waals surface area contributed by atoms with E-state index in [1.807, 2.05) is 0 Å². The zero-order valence-corrected chi connectivity index (χ0v) is 10.6. The monoisotopic (exact) mass is 278 g/mol. The summed E-state index contributed by atoms with van der Waals surface area (Å²) in [5.41, 5.74) is 0.376. The Hall–Kier alpha value is -0.920. The summed E-state index contributed by atoms with van der Waals surface area (Å²) in [5, 5.41) is -0.541. The summed E-state index contributed by atoms with van der Waals surface area (Å²) in [4.78, 5) is 33.3. The van der Waals surface area contributed by atoms with Gasteiger partial charge in [0.2, 0.25) is 0 Å². The number of hydrogen-bond donors (Lipinski definition) is 3. The molecule has 0 saturated carbocycles. The highest BCUT2D eigenvalue weighted by Crippen LogP contribution is 2.37. The van der Waals surface area contributed by atoms with Gasteiger partial charge in [0, 0.05) is 18.8 Å².